The molecule has 0 aromatic heterocycles. The first-order chi connectivity index (χ1) is 17.2. The van der Waals surface area contributed by atoms with Gasteiger partial charge in [0, 0.05) is 12.3 Å². The molecule has 0 bridgehead atoms. The lowest BCUT2D eigenvalue weighted by Crippen LogP contribution is -2.58. The smallest absolute Gasteiger partial charge is 0.302 e. The van der Waals surface area contributed by atoms with Crippen LogP contribution in [0.1, 0.15) is 133 Å². The summed E-state index contributed by atoms with van der Waals surface area (Å²) in [6.45, 7) is 26.1. The summed E-state index contributed by atoms with van der Waals surface area (Å²) in [7, 11) is 0. The van der Waals surface area contributed by atoms with Crippen molar-refractivity contribution in [2.75, 3.05) is 0 Å². The van der Waals surface area contributed by atoms with Crippen LogP contribution in [0.25, 0.3) is 0 Å². The van der Waals surface area contributed by atoms with E-state index < -0.39 is 0 Å². The van der Waals surface area contributed by atoms with Crippen LogP contribution in [-0.2, 0) is 9.53 Å². The molecule has 5 rings (SSSR count). The van der Waals surface area contributed by atoms with Gasteiger partial charge < -0.3 is 4.74 Å². The molecule has 5 aliphatic rings. The molecule has 2 nitrogen and oxygen atoms in total. The number of hydrogen-bond donors (Lipinski definition) is 0. The Labute approximate surface area is 229 Å². The zero-order valence-corrected chi connectivity index (χ0v) is 25.8. The van der Waals surface area contributed by atoms with E-state index >= 15 is 0 Å². The van der Waals surface area contributed by atoms with Gasteiger partial charge in [-0.2, -0.15) is 0 Å². The van der Waals surface area contributed by atoms with E-state index in [1.807, 2.05) is 0 Å². The molecule has 0 unspecified atom stereocenters. The van der Waals surface area contributed by atoms with Crippen LogP contribution in [0, 0.1) is 62.6 Å². The Morgan fingerprint density at radius 2 is 1.54 bits per heavy atom. The molecule has 0 N–H and O–H groups in total. The van der Waals surface area contributed by atoms with Crippen molar-refractivity contribution in [1.29, 1.82) is 0 Å². The highest BCUT2D eigenvalue weighted by Gasteiger charge is 2.82. The van der Waals surface area contributed by atoms with Gasteiger partial charge in [-0.25, -0.2) is 0 Å². The second-order valence-electron chi connectivity index (χ2n) is 16.2. The fourth-order valence-corrected chi connectivity index (χ4v) is 12.4. The standard InChI is InChI=1S/C35H58O2/c1-11-26(24(5)22(2)3)20-23(4)27-14-16-33(10)29-13-12-28-31(7,8)30(37-25(6)36)15-17-34(28)21-35(29,34)19-18-32(27,33)9/h22-23,26-30H,5,11-21H2,1-4,6-10H3/t23-,26+,27-,28+,29+,30+,32-,33+,34-,35+/m1/s1. The number of fused-ring (bicyclic) bond motifs is 2. The molecule has 0 saturated heterocycles. The third-order valence-corrected chi connectivity index (χ3v) is 14.5. The van der Waals surface area contributed by atoms with Crippen LogP contribution in [0.15, 0.2) is 12.2 Å². The predicted molar refractivity (Wildman–Crippen MR) is 154 cm³/mol. The summed E-state index contributed by atoms with van der Waals surface area (Å²) in [5.74, 6) is 4.42. The van der Waals surface area contributed by atoms with Gasteiger partial charge in [-0.15, -0.1) is 0 Å². The maximum atomic E-state index is 11.9. The summed E-state index contributed by atoms with van der Waals surface area (Å²) in [4.78, 5) is 11.9. The Morgan fingerprint density at radius 3 is 2.16 bits per heavy atom. The lowest BCUT2D eigenvalue weighted by molar-refractivity contribution is -0.181. The third kappa shape index (κ3) is 3.65. The van der Waals surface area contributed by atoms with Gasteiger partial charge in [0.15, 0.2) is 0 Å². The molecule has 0 aromatic rings. The number of ether oxygens (including phenoxy) is 1. The molecule has 5 saturated carbocycles. The monoisotopic (exact) mass is 510 g/mol. The number of hydrogen-bond acceptors (Lipinski definition) is 2. The second-order valence-corrected chi connectivity index (χ2v) is 16.2. The van der Waals surface area contributed by atoms with Crippen LogP contribution in [0.5, 0.6) is 0 Å². The maximum Gasteiger partial charge on any atom is 0.302 e. The Balaban J connectivity index is 1.38. The molecule has 0 radical (unpaired) electrons. The van der Waals surface area contributed by atoms with E-state index in [1.165, 1.54) is 69.8 Å². The molecule has 2 heteroatoms. The zero-order valence-electron chi connectivity index (χ0n) is 25.8. The Kier molecular flexibility index (Phi) is 6.65. The van der Waals surface area contributed by atoms with Gasteiger partial charge in [0.25, 0.3) is 0 Å². The van der Waals surface area contributed by atoms with Gasteiger partial charge >= 0.3 is 5.97 Å². The lowest BCUT2D eigenvalue weighted by atomic mass is 9.41. The summed E-state index contributed by atoms with van der Waals surface area (Å²) in [6, 6.07) is 0. The molecule has 37 heavy (non-hydrogen) atoms. The quantitative estimate of drug-likeness (QED) is 0.252. The molecule has 5 aliphatic carbocycles. The third-order valence-electron chi connectivity index (χ3n) is 14.5. The van der Waals surface area contributed by atoms with Crippen LogP contribution in [0.3, 0.4) is 0 Å². The fourth-order valence-electron chi connectivity index (χ4n) is 12.4. The van der Waals surface area contributed by atoms with E-state index in [-0.39, 0.29) is 17.5 Å². The zero-order chi connectivity index (χ0) is 27.2. The largest absolute Gasteiger partial charge is 0.462 e. The normalized spacial score (nSPS) is 47.2. The number of carbonyl (C=O) groups excluding carboxylic acids is 1. The Bertz CT molecular complexity index is 932. The van der Waals surface area contributed by atoms with Gasteiger partial charge in [0.05, 0.1) is 0 Å². The molecule has 0 heterocycles. The minimum Gasteiger partial charge on any atom is -0.462 e. The van der Waals surface area contributed by atoms with Crippen LogP contribution in [0.2, 0.25) is 0 Å². The minimum absolute atomic E-state index is 0.0948. The van der Waals surface area contributed by atoms with Gasteiger partial charge in [0.2, 0.25) is 0 Å². The molecule has 0 aliphatic heterocycles. The molecule has 0 aromatic carbocycles. The highest BCUT2D eigenvalue weighted by Crippen LogP contribution is 2.89. The first-order valence-electron chi connectivity index (χ1n) is 16.1. The van der Waals surface area contributed by atoms with Gasteiger partial charge in [-0.3, -0.25) is 4.79 Å². The van der Waals surface area contributed by atoms with E-state index in [9.17, 15) is 4.79 Å². The molecule has 2 spiro atoms. The number of esters is 1. The van der Waals surface area contributed by atoms with Crippen molar-refractivity contribution >= 4 is 5.97 Å². The van der Waals surface area contributed by atoms with Crippen LogP contribution >= 0.6 is 0 Å². The first-order valence-corrected chi connectivity index (χ1v) is 16.1. The highest BCUT2D eigenvalue weighted by molar-refractivity contribution is 5.66. The average Bonchev–Trinajstić information content (AvgIpc) is 3.40. The summed E-state index contributed by atoms with van der Waals surface area (Å²) >= 11 is 0. The van der Waals surface area contributed by atoms with E-state index in [0.717, 1.165) is 24.2 Å². The number of allylic oxidation sites excluding steroid dienone is 1. The summed E-state index contributed by atoms with van der Waals surface area (Å²) < 4.78 is 5.93. The topological polar surface area (TPSA) is 26.3 Å². The second kappa shape index (κ2) is 8.86. The average molecular weight is 511 g/mol. The Morgan fingerprint density at radius 1 is 0.892 bits per heavy atom. The van der Waals surface area contributed by atoms with E-state index in [1.54, 1.807) is 6.92 Å². The van der Waals surface area contributed by atoms with Gasteiger partial charge in [-0.05, 0) is 128 Å². The van der Waals surface area contributed by atoms with Crippen molar-refractivity contribution < 1.29 is 9.53 Å². The summed E-state index contributed by atoms with van der Waals surface area (Å²) in [6.07, 6.45) is 15.0. The van der Waals surface area contributed by atoms with Gasteiger partial charge in [0.1, 0.15) is 6.10 Å². The van der Waals surface area contributed by atoms with Crippen molar-refractivity contribution in [1.82, 2.24) is 0 Å². The molecule has 210 valence electrons. The van der Waals surface area contributed by atoms with Crippen LogP contribution in [-0.4, -0.2) is 12.1 Å². The van der Waals surface area contributed by atoms with E-state index in [0.29, 0.717) is 39.4 Å². The van der Waals surface area contributed by atoms with Gasteiger partial charge in [-0.1, -0.05) is 67.5 Å². The van der Waals surface area contributed by atoms with Crippen LogP contribution < -0.4 is 0 Å². The molecular weight excluding hydrogens is 452 g/mol. The number of rotatable bonds is 7. The lowest BCUT2D eigenvalue weighted by Gasteiger charge is -2.63. The summed E-state index contributed by atoms with van der Waals surface area (Å²) in [5.41, 5.74) is 3.62. The first kappa shape index (κ1) is 27.8. The highest BCUT2D eigenvalue weighted by atomic mass is 16.5. The predicted octanol–water partition coefficient (Wildman–Crippen LogP) is 9.62. The van der Waals surface area contributed by atoms with E-state index in [4.69, 9.17) is 4.74 Å². The van der Waals surface area contributed by atoms with Crippen molar-refractivity contribution in [3.05, 3.63) is 12.2 Å². The molecular formula is C35H58O2. The molecule has 10 atom stereocenters. The van der Waals surface area contributed by atoms with Crippen molar-refractivity contribution in [3.63, 3.8) is 0 Å². The fraction of sp³-hybridized carbons (Fsp3) is 0.914. The summed E-state index contributed by atoms with van der Waals surface area (Å²) in [5, 5.41) is 0. The van der Waals surface area contributed by atoms with Crippen molar-refractivity contribution in [2.45, 2.75) is 139 Å². The molecule has 0 amide bonds. The van der Waals surface area contributed by atoms with E-state index in [2.05, 4.69) is 62.0 Å². The minimum atomic E-state index is -0.0948. The number of carbonyl (C=O) groups is 1. The van der Waals surface area contributed by atoms with Crippen LogP contribution in [0.4, 0.5) is 0 Å². The maximum absolute atomic E-state index is 11.9. The van der Waals surface area contributed by atoms with Crippen molar-refractivity contribution in [3.8, 4) is 0 Å². The van der Waals surface area contributed by atoms with Crippen molar-refractivity contribution in [2.24, 2.45) is 62.6 Å². The SMILES string of the molecule is C=C(C(C)C)[C@@H](CC)C[C@@H](C)[C@H]1CC[C@@]2(C)[C@@H]3CC[C@H]4C(C)(C)[C@@H](OC(C)=O)CC[C@@]45C[C@@]35CC[C@]12C. The molecule has 5 fully saturated rings. The Hall–Kier alpha value is -0.790.